The summed E-state index contributed by atoms with van der Waals surface area (Å²) in [6, 6.07) is 0. The molecule has 1 amide bonds. The van der Waals surface area contributed by atoms with Crippen LogP contribution in [0.25, 0.3) is 0 Å². The summed E-state index contributed by atoms with van der Waals surface area (Å²) < 4.78 is 0. The summed E-state index contributed by atoms with van der Waals surface area (Å²) in [6.45, 7) is 7.26. The van der Waals surface area contributed by atoms with Crippen molar-refractivity contribution in [3.05, 3.63) is 0 Å². The lowest BCUT2D eigenvalue weighted by Crippen LogP contribution is -2.58. The van der Waals surface area contributed by atoms with Crippen LogP contribution in [0.1, 0.15) is 85.0 Å². The molecular weight excluding hydrogens is 350 g/mol. The molecule has 0 radical (unpaired) electrons. The highest BCUT2D eigenvalue weighted by atomic mass is 16.3. The number of nitrogens with two attached hydrogens (primary N) is 1. The van der Waals surface area contributed by atoms with Crippen LogP contribution >= 0.6 is 0 Å². The zero-order valence-corrected chi connectivity index (χ0v) is 18.1. The first-order valence-corrected chi connectivity index (χ1v) is 11.8. The Labute approximate surface area is 170 Å². The van der Waals surface area contributed by atoms with Crippen molar-refractivity contribution in [2.45, 2.75) is 97.2 Å². The molecule has 4 aliphatic rings. The molecule has 4 nitrogen and oxygen atoms in total. The van der Waals surface area contributed by atoms with Crippen LogP contribution in [0, 0.1) is 46.3 Å². The smallest absolute Gasteiger partial charge is 0.217 e. The molecule has 4 saturated carbocycles. The number of hydrogen-bond donors (Lipinski definition) is 3. The number of rotatable bonds is 4. The molecule has 0 aromatic rings. The number of carbonyl (C=O) groups is 1. The predicted octanol–water partition coefficient (Wildman–Crippen LogP) is 3.88. The van der Waals surface area contributed by atoms with Gasteiger partial charge in [0.1, 0.15) is 0 Å². The Kier molecular flexibility index (Phi) is 5.36. The van der Waals surface area contributed by atoms with Crippen LogP contribution in [0.15, 0.2) is 0 Å². The number of amides is 1. The second-order valence-corrected chi connectivity index (χ2v) is 11.4. The Bertz CT molecular complexity index is 609. The Morgan fingerprint density at radius 1 is 1.04 bits per heavy atom. The van der Waals surface area contributed by atoms with Gasteiger partial charge in [0.15, 0.2) is 0 Å². The Morgan fingerprint density at radius 3 is 2.43 bits per heavy atom. The number of carbonyl (C=O) groups excluding carboxylic acids is 1. The van der Waals surface area contributed by atoms with Gasteiger partial charge >= 0.3 is 0 Å². The van der Waals surface area contributed by atoms with Gasteiger partial charge in [-0.05, 0) is 104 Å². The molecule has 0 heterocycles. The molecule has 4 aliphatic carbocycles. The van der Waals surface area contributed by atoms with Gasteiger partial charge < -0.3 is 15.9 Å². The van der Waals surface area contributed by atoms with Crippen LogP contribution in [0.2, 0.25) is 0 Å². The molecule has 0 unspecified atom stereocenters. The van der Waals surface area contributed by atoms with Crippen LogP contribution < -0.4 is 5.73 Å². The van der Waals surface area contributed by atoms with Crippen molar-refractivity contribution in [3.8, 4) is 0 Å². The Morgan fingerprint density at radius 2 is 1.71 bits per heavy atom. The van der Waals surface area contributed by atoms with E-state index in [-0.39, 0.29) is 23.5 Å². The van der Waals surface area contributed by atoms with E-state index in [1.54, 1.807) is 0 Å². The molecular formula is C24H41NO3. The molecule has 0 bridgehead atoms. The minimum absolute atomic E-state index is 0.169. The van der Waals surface area contributed by atoms with Gasteiger partial charge in [0.05, 0.1) is 12.2 Å². The van der Waals surface area contributed by atoms with E-state index in [9.17, 15) is 15.0 Å². The summed E-state index contributed by atoms with van der Waals surface area (Å²) in [5, 5.41) is 21.5. The molecule has 4 fully saturated rings. The number of aliphatic hydroxyl groups is 2. The first kappa shape index (κ1) is 20.7. The molecule has 4 heteroatoms. The van der Waals surface area contributed by atoms with Crippen LogP contribution in [0.4, 0.5) is 0 Å². The fraction of sp³-hybridized carbons (Fsp3) is 0.958. The van der Waals surface area contributed by atoms with Gasteiger partial charge in [-0.15, -0.1) is 0 Å². The van der Waals surface area contributed by atoms with E-state index in [1.165, 1.54) is 25.7 Å². The van der Waals surface area contributed by atoms with E-state index in [1.807, 2.05) is 0 Å². The maximum Gasteiger partial charge on any atom is 0.217 e. The van der Waals surface area contributed by atoms with Gasteiger partial charge in [0, 0.05) is 6.42 Å². The van der Waals surface area contributed by atoms with Gasteiger partial charge in [-0.2, -0.15) is 0 Å². The van der Waals surface area contributed by atoms with E-state index < -0.39 is 0 Å². The summed E-state index contributed by atoms with van der Waals surface area (Å²) in [4.78, 5) is 11.3. The minimum atomic E-state index is -0.210. The number of fused-ring (bicyclic) bond motifs is 5. The monoisotopic (exact) mass is 391 g/mol. The zero-order valence-electron chi connectivity index (χ0n) is 18.1. The van der Waals surface area contributed by atoms with Crippen molar-refractivity contribution >= 4 is 5.91 Å². The van der Waals surface area contributed by atoms with Crippen LogP contribution in [0.5, 0.6) is 0 Å². The van der Waals surface area contributed by atoms with Gasteiger partial charge in [-0.25, -0.2) is 0 Å². The standard InChI is InChI=1S/C24H41NO3/c1-14(4-7-21(25)28)17-5-6-18-22-19(9-11-24(17,18)3)23(2)10-8-16(26)12-15(23)13-20(22)27/h14-20,22,26-27H,4-13H2,1-3H3,(H2,25,28)/t14-,15-,16-,17-,18+,19+,20+,22+,23+,24-/m1/s1. The van der Waals surface area contributed by atoms with Crippen molar-refractivity contribution in [1.82, 2.24) is 0 Å². The fourth-order valence-electron chi connectivity index (χ4n) is 8.75. The third-order valence-corrected chi connectivity index (χ3v) is 10.3. The normalized spacial score (nSPS) is 51.7. The van der Waals surface area contributed by atoms with E-state index >= 15 is 0 Å². The van der Waals surface area contributed by atoms with Gasteiger partial charge in [-0.3, -0.25) is 4.79 Å². The average Bonchev–Trinajstić information content (AvgIpc) is 2.98. The Balaban J connectivity index is 1.55. The average molecular weight is 392 g/mol. The molecule has 4 N–H and O–H groups in total. The lowest BCUT2D eigenvalue weighted by Gasteiger charge is -2.62. The summed E-state index contributed by atoms with van der Waals surface area (Å²) >= 11 is 0. The summed E-state index contributed by atoms with van der Waals surface area (Å²) in [5.41, 5.74) is 5.99. The first-order valence-electron chi connectivity index (χ1n) is 11.8. The van der Waals surface area contributed by atoms with Crippen molar-refractivity contribution in [1.29, 1.82) is 0 Å². The molecule has 0 aromatic carbocycles. The zero-order chi connectivity index (χ0) is 20.3. The lowest BCUT2D eigenvalue weighted by atomic mass is 9.43. The van der Waals surface area contributed by atoms with Crippen molar-refractivity contribution in [2.24, 2.45) is 52.1 Å². The highest BCUT2D eigenvalue weighted by Crippen LogP contribution is 2.68. The quantitative estimate of drug-likeness (QED) is 0.680. The summed E-state index contributed by atoms with van der Waals surface area (Å²) in [5.74, 6) is 3.08. The fourth-order valence-corrected chi connectivity index (χ4v) is 8.75. The SMILES string of the molecule is C[C@H](CCC(N)=O)[C@H]1CC[C@H]2[C@@H]3[C@@H](O)C[C@H]4C[C@H](O)CC[C@]4(C)[C@H]3CC[C@]12C. The second-order valence-electron chi connectivity index (χ2n) is 11.4. The molecule has 0 aliphatic heterocycles. The largest absolute Gasteiger partial charge is 0.393 e. The number of primary amides is 1. The van der Waals surface area contributed by atoms with Crippen LogP contribution in [0.3, 0.4) is 0 Å². The maximum absolute atomic E-state index is 11.3. The van der Waals surface area contributed by atoms with Gasteiger partial charge in [-0.1, -0.05) is 20.8 Å². The topological polar surface area (TPSA) is 83.6 Å². The van der Waals surface area contributed by atoms with Crippen molar-refractivity contribution in [2.75, 3.05) is 0 Å². The highest BCUT2D eigenvalue weighted by molar-refractivity contribution is 5.73. The van der Waals surface area contributed by atoms with Crippen molar-refractivity contribution in [3.63, 3.8) is 0 Å². The van der Waals surface area contributed by atoms with Crippen LogP contribution in [-0.2, 0) is 4.79 Å². The van der Waals surface area contributed by atoms with Crippen molar-refractivity contribution < 1.29 is 15.0 Å². The van der Waals surface area contributed by atoms with E-state index in [2.05, 4.69) is 20.8 Å². The molecule has 0 spiro atoms. The van der Waals surface area contributed by atoms with E-state index in [0.29, 0.717) is 47.3 Å². The van der Waals surface area contributed by atoms with Gasteiger partial charge in [0.25, 0.3) is 0 Å². The van der Waals surface area contributed by atoms with Gasteiger partial charge in [0.2, 0.25) is 5.91 Å². The number of aliphatic hydroxyl groups excluding tert-OH is 2. The molecule has 0 aromatic heterocycles. The van der Waals surface area contributed by atoms with E-state index in [4.69, 9.17) is 5.73 Å². The van der Waals surface area contributed by atoms with Crippen LogP contribution in [-0.4, -0.2) is 28.3 Å². The lowest BCUT2D eigenvalue weighted by molar-refractivity contribution is -0.174. The number of hydrogen-bond acceptors (Lipinski definition) is 3. The summed E-state index contributed by atoms with van der Waals surface area (Å²) in [7, 11) is 0. The summed E-state index contributed by atoms with van der Waals surface area (Å²) in [6.07, 6.45) is 9.75. The van der Waals surface area contributed by atoms with E-state index in [0.717, 1.165) is 32.1 Å². The Hall–Kier alpha value is -0.610. The molecule has 28 heavy (non-hydrogen) atoms. The third kappa shape index (κ3) is 3.14. The molecule has 0 saturated heterocycles. The first-order chi connectivity index (χ1) is 13.2. The molecule has 160 valence electrons. The predicted molar refractivity (Wildman–Crippen MR) is 110 cm³/mol. The maximum atomic E-state index is 11.3. The third-order valence-electron chi connectivity index (χ3n) is 10.3. The second kappa shape index (κ2) is 7.27. The minimum Gasteiger partial charge on any atom is -0.393 e. The molecule has 10 atom stereocenters. The molecule has 4 rings (SSSR count). The highest BCUT2D eigenvalue weighted by Gasteiger charge is 2.62.